The third-order valence-electron chi connectivity index (χ3n) is 5.87. The molecule has 4 nitrogen and oxygen atoms in total. The van der Waals surface area contributed by atoms with Gasteiger partial charge in [0.25, 0.3) is 5.91 Å². The molecular weight excluding hydrogens is 412 g/mol. The number of nitrogens with zero attached hydrogens (tertiary/aromatic N) is 3. The third-order valence-corrected chi connectivity index (χ3v) is 6.61. The molecule has 0 aliphatic carbocycles. The predicted octanol–water partition coefficient (Wildman–Crippen LogP) is 4.56. The van der Waals surface area contributed by atoms with Gasteiger partial charge in [0, 0.05) is 50.9 Å². The highest BCUT2D eigenvalue weighted by Crippen LogP contribution is 2.26. The molecule has 154 valence electrons. The molecular formula is C22H24Cl2FN3O. The first-order valence-corrected chi connectivity index (χ1v) is 10.8. The van der Waals surface area contributed by atoms with Gasteiger partial charge in [-0.2, -0.15) is 0 Å². The van der Waals surface area contributed by atoms with Crippen molar-refractivity contribution in [3.05, 3.63) is 63.9 Å². The summed E-state index contributed by atoms with van der Waals surface area (Å²) in [4.78, 5) is 19.4. The lowest BCUT2D eigenvalue weighted by Crippen LogP contribution is -2.56. The van der Waals surface area contributed by atoms with E-state index in [1.54, 1.807) is 24.3 Å². The van der Waals surface area contributed by atoms with Gasteiger partial charge in [-0.15, -0.1) is 0 Å². The van der Waals surface area contributed by atoms with Crippen LogP contribution in [-0.4, -0.2) is 61.0 Å². The third kappa shape index (κ3) is 4.52. The maximum Gasteiger partial charge on any atom is 0.253 e. The summed E-state index contributed by atoms with van der Waals surface area (Å²) in [6.07, 6.45) is 2.05. The summed E-state index contributed by atoms with van der Waals surface area (Å²) in [6, 6.07) is 12.3. The number of carbonyl (C=O) groups is 1. The number of para-hydroxylation sites is 1. The number of rotatable bonds is 3. The molecule has 29 heavy (non-hydrogen) atoms. The Morgan fingerprint density at radius 2 is 1.72 bits per heavy atom. The Kier molecular flexibility index (Phi) is 6.28. The lowest BCUT2D eigenvalue weighted by atomic mass is 10.0. The van der Waals surface area contributed by atoms with Crippen LogP contribution in [0.25, 0.3) is 0 Å². The molecule has 1 unspecified atom stereocenters. The minimum absolute atomic E-state index is 0.00161. The van der Waals surface area contributed by atoms with Crippen molar-refractivity contribution in [2.75, 3.05) is 44.2 Å². The number of halogens is 3. The average molecular weight is 436 g/mol. The number of amides is 1. The standard InChI is InChI=1S/C22H24Cl2FN3O/c23-18-8-7-16(14-19(18)24)22(29)28-9-3-4-17(15-28)26-10-12-27(13-11-26)21-6-2-1-5-20(21)25/h1-2,5-8,14,17H,3-4,9-13,15H2. The van der Waals surface area contributed by atoms with Crippen LogP contribution in [0.4, 0.5) is 10.1 Å². The molecule has 0 bridgehead atoms. The number of hydrogen-bond acceptors (Lipinski definition) is 3. The molecule has 0 aromatic heterocycles. The molecule has 2 aliphatic heterocycles. The summed E-state index contributed by atoms with van der Waals surface area (Å²) in [5, 5.41) is 0.850. The molecule has 0 spiro atoms. The van der Waals surface area contributed by atoms with E-state index in [0.717, 1.165) is 45.6 Å². The number of carbonyl (C=O) groups excluding carboxylic acids is 1. The highest BCUT2D eigenvalue weighted by atomic mass is 35.5. The van der Waals surface area contributed by atoms with Crippen LogP contribution < -0.4 is 4.90 Å². The smallest absolute Gasteiger partial charge is 0.253 e. The van der Waals surface area contributed by atoms with Crippen LogP contribution in [0.3, 0.4) is 0 Å². The SMILES string of the molecule is O=C(c1ccc(Cl)c(Cl)c1)N1CCCC(N2CCN(c3ccccc3F)CC2)C1. The number of piperidine rings is 1. The van der Waals surface area contributed by atoms with Gasteiger partial charge in [0.2, 0.25) is 0 Å². The maximum atomic E-state index is 14.1. The van der Waals surface area contributed by atoms with Gasteiger partial charge in [0.05, 0.1) is 15.7 Å². The largest absolute Gasteiger partial charge is 0.367 e. The average Bonchev–Trinajstić information content (AvgIpc) is 2.76. The first-order valence-electron chi connectivity index (χ1n) is 10.0. The highest BCUT2D eigenvalue weighted by Gasteiger charge is 2.31. The van der Waals surface area contributed by atoms with E-state index < -0.39 is 0 Å². The van der Waals surface area contributed by atoms with E-state index in [2.05, 4.69) is 9.80 Å². The van der Waals surface area contributed by atoms with Gasteiger partial charge in [-0.25, -0.2) is 4.39 Å². The van der Waals surface area contributed by atoms with Crippen LogP contribution in [0.2, 0.25) is 10.0 Å². The maximum absolute atomic E-state index is 14.1. The van der Waals surface area contributed by atoms with Crippen molar-refractivity contribution in [2.45, 2.75) is 18.9 Å². The molecule has 2 aromatic carbocycles. The molecule has 0 saturated carbocycles. The zero-order valence-corrected chi connectivity index (χ0v) is 17.7. The highest BCUT2D eigenvalue weighted by molar-refractivity contribution is 6.42. The van der Waals surface area contributed by atoms with Crippen LogP contribution in [0, 0.1) is 5.82 Å². The molecule has 2 aliphatic rings. The normalized spacial score (nSPS) is 20.7. The van der Waals surface area contributed by atoms with Gasteiger partial charge in [0.15, 0.2) is 0 Å². The summed E-state index contributed by atoms with van der Waals surface area (Å²) in [5.74, 6) is -0.171. The van der Waals surface area contributed by atoms with E-state index in [1.807, 2.05) is 17.0 Å². The Morgan fingerprint density at radius 1 is 0.966 bits per heavy atom. The van der Waals surface area contributed by atoms with Gasteiger partial charge < -0.3 is 9.80 Å². The Hall–Kier alpha value is -1.82. The fourth-order valence-corrected chi connectivity index (χ4v) is 4.58. The van der Waals surface area contributed by atoms with Crippen LogP contribution in [0.15, 0.2) is 42.5 Å². The van der Waals surface area contributed by atoms with E-state index in [4.69, 9.17) is 23.2 Å². The van der Waals surface area contributed by atoms with Crippen molar-refractivity contribution in [2.24, 2.45) is 0 Å². The number of benzene rings is 2. The number of likely N-dealkylation sites (tertiary alicyclic amines) is 1. The number of hydrogen-bond donors (Lipinski definition) is 0. The zero-order chi connectivity index (χ0) is 20.4. The summed E-state index contributed by atoms with van der Waals surface area (Å²) in [6.45, 7) is 4.78. The van der Waals surface area contributed by atoms with Crippen molar-refractivity contribution in [3.8, 4) is 0 Å². The summed E-state index contributed by atoms with van der Waals surface area (Å²) < 4.78 is 14.1. The van der Waals surface area contributed by atoms with Gasteiger partial charge >= 0.3 is 0 Å². The molecule has 2 heterocycles. The van der Waals surface area contributed by atoms with E-state index in [9.17, 15) is 9.18 Å². The van der Waals surface area contributed by atoms with E-state index in [1.165, 1.54) is 6.07 Å². The van der Waals surface area contributed by atoms with E-state index in [-0.39, 0.29) is 11.7 Å². The summed E-state index contributed by atoms with van der Waals surface area (Å²) >= 11 is 12.1. The first kappa shape index (κ1) is 20.5. The second kappa shape index (κ2) is 8.90. The Bertz CT molecular complexity index is 886. The fraction of sp³-hybridized carbons (Fsp3) is 0.409. The molecule has 2 saturated heterocycles. The quantitative estimate of drug-likeness (QED) is 0.706. The van der Waals surface area contributed by atoms with E-state index >= 15 is 0 Å². The molecule has 4 rings (SSSR count). The minimum atomic E-state index is -0.169. The van der Waals surface area contributed by atoms with Crippen LogP contribution in [0.1, 0.15) is 23.2 Å². The van der Waals surface area contributed by atoms with Gasteiger partial charge in [-0.1, -0.05) is 35.3 Å². The lowest BCUT2D eigenvalue weighted by Gasteiger charge is -2.44. The fourth-order valence-electron chi connectivity index (χ4n) is 4.29. The minimum Gasteiger partial charge on any atom is -0.367 e. The monoisotopic (exact) mass is 435 g/mol. The van der Waals surface area contributed by atoms with Crippen molar-refractivity contribution < 1.29 is 9.18 Å². The number of anilines is 1. The van der Waals surface area contributed by atoms with Crippen molar-refractivity contribution in [1.29, 1.82) is 0 Å². The first-order chi connectivity index (χ1) is 14.0. The van der Waals surface area contributed by atoms with Crippen LogP contribution in [0.5, 0.6) is 0 Å². The van der Waals surface area contributed by atoms with Crippen molar-refractivity contribution in [3.63, 3.8) is 0 Å². The van der Waals surface area contributed by atoms with Gasteiger partial charge in [-0.05, 0) is 43.2 Å². The Balaban J connectivity index is 1.37. The van der Waals surface area contributed by atoms with Gasteiger partial charge in [-0.3, -0.25) is 9.69 Å². The molecule has 0 N–H and O–H groups in total. The van der Waals surface area contributed by atoms with Crippen molar-refractivity contribution >= 4 is 34.8 Å². The van der Waals surface area contributed by atoms with Crippen LogP contribution in [-0.2, 0) is 0 Å². The summed E-state index contributed by atoms with van der Waals surface area (Å²) in [5.41, 5.74) is 1.25. The number of piperazine rings is 1. The molecule has 1 atom stereocenters. The molecule has 1 amide bonds. The van der Waals surface area contributed by atoms with Crippen LogP contribution >= 0.6 is 23.2 Å². The molecule has 2 fully saturated rings. The topological polar surface area (TPSA) is 26.8 Å². The Labute approximate surface area is 180 Å². The van der Waals surface area contributed by atoms with E-state index in [0.29, 0.717) is 33.9 Å². The van der Waals surface area contributed by atoms with Crippen molar-refractivity contribution in [1.82, 2.24) is 9.80 Å². The molecule has 7 heteroatoms. The second-order valence-electron chi connectivity index (χ2n) is 7.65. The predicted molar refractivity (Wildman–Crippen MR) is 116 cm³/mol. The summed E-state index contributed by atoms with van der Waals surface area (Å²) in [7, 11) is 0. The lowest BCUT2D eigenvalue weighted by molar-refractivity contribution is 0.0563. The van der Waals surface area contributed by atoms with Gasteiger partial charge in [0.1, 0.15) is 5.82 Å². The molecule has 0 radical (unpaired) electrons. The second-order valence-corrected chi connectivity index (χ2v) is 8.46. The zero-order valence-electron chi connectivity index (χ0n) is 16.2. The molecule has 2 aromatic rings. The Morgan fingerprint density at radius 3 is 2.45 bits per heavy atom.